The van der Waals surface area contributed by atoms with Gasteiger partial charge >= 0.3 is 0 Å². The van der Waals surface area contributed by atoms with Crippen molar-refractivity contribution in [2.75, 3.05) is 6.54 Å². The molecule has 0 bridgehead atoms. The van der Waals surface area contributed by atoms with Crippen LogP contribution in [0, 0.1) is 5.95 Å². The van der Waals surface area contributed by atoms with E-state index in [1.54, 1.807) is 0 Å². The molecular weight excluding hydrogens is 215 g/mol. The summed E-state index contributed by atoms with van der Waals surface area (Å²) in [5.74, 6) is -0.403. The Kier molecular flexibility index (Phi) is 10.9. The predicted molar refractivity (Wildman–Crippen MR) is 71.4 cm³/mol. The number of aromatic nitrogens is 1. The molecule has 0 aliphatic carbocycles. The molecule has 0 aromatic carbocycles. The van der Waals surface area contributed by atoms with Crippen LogP contribution in [0.2, 0.25) is 0 Å². The zero-order valence-electron chi connectivity index (χ0n) is 11.3. The van der Waals surface area contributed by atoms with Gasteiger partial charge in [0, 0.05) is 12.7 Å². The Labute approximate surface area is 105 Å². The van der Waals surface area contributed by atoms with Gasteiger partial charge in [-0.3, -0.25) is 0 Å². The second-order valence-corrected chi connectivity index (χ2v) is 3.72. The monoisotopic (exact) mass is 240 g/mol. The van der Waals surface area contributed by atoms with Crippen molar-refractivity contribution in [3.05, 3.63) is 29.8 Å². The van der Waals surface area contributed by atoms with E-state index in [2.05, 4.69) is 17.2 Å². The average molecular weight is 240 g/mol. The lowest BCUT2D eigenvalue weighted by atomic mass is 10.2. The molecule has 0 saturated carbocycles. The molecule has 0 unspecified atom stereocenters. The van der Waals surface area contributed by atoms with Crippen LogP contribution in [0.3, 0.4) is 0 Å². The molecular formula is C14H25FN2. The Balaban J connectivity index is 0.00000121. The van der Waals surface area contributed by atoms with Crippen LogP contribution in [0.1, 0.15) is 52.0 Å². The van der Waals surface area contributed by atoms with E-state index in [1.807, 2.05) is 19.9 Å². The number of hydrogen-bond donors (Lipinski definition) is 1. The molecule has 98 valence electrons. The fourth-order valence-electron chi connectivity index (χ4n) is 1.46. The lowest BCUT2D eigenvalue weighted by molar-refractivity contribution is 0.572. The highest BCUT2D eigenvalue weighted by molar-refractivity contribution is 5.10. The molecule has 1 aromatic rings. The van der Waals surface area contributed by atoms with Crippen molar-refractivity contribution >= 4 is 0 Å². The maximum Gasteiger partial charge on any atom is 0.213 e. The summed E-state index contributed by atoms with van der Waals surface area (Å²) in [4.78, 5) is 3.51. The molecule has 1 heterocycles. The van der Waals surface area contributed by atoms with Gasteiger partial charge in [0.15, 0.2) is 0 Å². The van der Waals surface area contributed by atoms with Crippen molar-refractivity contribution in [2.24, 2.45) is 0 Å². The van der Waals surface area contributed by atoms with Crippen molar-refractivity contribution in [1.82, 2.24) is 10.3 Å². The van der Waals surface area contributed by atoms with Crippen molar-refractivity contribution in [3.63, 3.8) is 0 Å². The first-order valence-electron chi connectivity index (χ1n) is 6.64. The van der Waals surface area contributed by atoms with Crippen LogP contribution in [-0.2, 0) is 6.54 Å². The molecule has 1 rings (SSSR count). The van der Waals surface area contributed by atoms with Crippen molar-refractivity contribution in [2.45, 2.75) is 53.0 Å². The van der Waals surface area contributed by atoms with Crippen LogP contribution >= 0.6 is 0 Å². The summed E-state index contributed by atoms with van der Waals surface area (Å²) in [6.45, 7) is 7.93. The summed E-state index contributed by atoms with van der Waals surface area (Å²) in [7, 11) is 0. The molecule has 0 fully saturated rings. The van der Waals surface area contributed by atoms with Gasteiger partial charge in [-0.2, -0.15) is 4.39 Å². The van der Waals surface area contributed by atoms with Gasteiger partial charge in [-0.05, 0) is 30.7 Å². The van der Waals surface area contributed by atoms with E-state index in [4.69, 9.17) is 0 Å². The van der Waals surface area contributed by atoms with E-state index >= 15 is 0 Å². The van der Waals surface area contributed by atoms with Crippen LogP contribution in [0.5, 0.6) is 0 Å². The maximum absolute atomic E-state index is 12.7. The first-order chi connectivity index (χ1) is 8.33. The minimum absolute atomic E-state index is 0.403. The molecule has 0 aliphatic rings. The Morgan fingerprint density at radius 1 is 1.24 bits per heavy atom. The van der Waals surface area contributed by atoms with Gasteiger partial charge in [-0.25, -0.2) is 4.98 Å². The van der Waals surface area contributed by atoms with Crippen molar-refractivity contribution < 1.29 is 4.39 Å². The summed E-state index contributed by atoms with van der Waals surface area (Å²) in [6, 6.07) is 3.31. The van der Waals surface area contributed by atoms with Crippen LogP contribution in [0.15, 0.2) is 18.3 Å². The number of nitrogens with zero attached hydrogens (tertiary/aromatic N) is 1. The van der Waals surface area contributed by atoms with Crippen LogP contribution in [0.25, 0.3) is 0 Å². The molecule has 0 atom stereocenters. The summed E-state index contributed by atoms with van der Waals surface area (Å²) in [5.41, 5.74) is 0.956. The molecule has 1 N–H and O–H groups in total. The molecule has 1 aromatic heterocycles. The Morgan fingerprint density at radius 3 is 2.65 bits per heavy atom. The van der Waals surface area contributed by atoms with Crippen LogP contribution in [-0.4, -0.2) is 11.5 Å². The van der Waals surface area contributed by atoms with Gasteiger partial charge < -0.3 is 5.32 Å². The van der Waals surface area contributed by atoms with Gasteiger partial charge in [0.1, 0.15) is 0 Å². The first kappa shape index (κ1) is 16.0. The number of halogens is 1. The second kappa shape index (κ2) is 11.5. The largest absolute Gasteiger partial charge is 0.313 e. The third kappa shape index (κ3) is 8.81. The highest BCUT2D eigenvalue weighted by Gasteiger charge is 1.95. The Hall–Kier alpha value is -0.960. The Bertz CT molecular complexity index is 277. The molecule has 2 nitrogen and oxygen atoms in total. The molecule has 0 amide bonds. The fourth-order valence-corrected chi connectivity index (χ4v) is 1.46. The summed E-state index contributed by atoms with van der Waals surface area (Å²) >= 11 is 0. The molecule has 0 saturated heterocycles. The zero-order chi connectivity index (χ0) is 12.9. The second-order valence-electron chi connectivity index (χ2n) is 3.72. The third-order valence-corrected chi connectivity index (χ3v) is 2.33. The summed E-state index contributed by atoms with van der Waals surface area (Å²) < 4.78 is 12.7. The quantitative estimate of drug-likeness (QED) is 0.577. The van der Waals surface area contributed by atoms with Crippen molar-refractivity contribution in [1.29, 1.82) is 0 Å². The smallest absolute Gasteiger partial charge is 0.213 e. The first-order valence-corrected chi connectivity index (χ1v) is 6.64. The standard InChI is InChI=1S/C12H19FN2.C2H6/c1-2-3-4-5-7-14-10-11-6-8-15-12(13)9-11;1-2/h6,8-9,14H,2-5,7,10H2,1H3;1-2H3. The number of hydrogen-bond acceptors (Lipinski definition) is 2. The van der Waals surface area contributed by atoms with Gasteiger partial charge in [0.25, 0.3) is 0 Å². The molecule has 0 aliphatic heterocycles. The number of rotatable bonds is 7. The topological polar surface area (TPSA) is 24.9 Å². The van der Waals surface area contributed by atoms with E-state index in [-0.39, 0.29) is 0 Å². The molecule has 3 heteroatoms. The SMILES string of the molecule is CC.CCCCCCNCc1ccnc(F)c1. The predicted octanol–water partition coefficient (Wildman–Crippen LogP) is 3.92. The average Bonchev–Trinajstić information content (AvgIpc) is 2.36. The number of nitrogens with one attached hydrogen (secondary N) is 1. The van der Waals surface area contributed by atoms with Gasteiger partial charge in [-0.15, -0.1) is 0 Å². The van der Waals surface area contributed by atoms with Crippen LogP contribution < -0.4 is 5.32 Å². The minimum Gasteiger partial charge on any atom is -0.313 e. The summed E-state index contributed by atoms with van der Waals surface area (Å²) in [5, 5.41) is 3.29. The normalized spacial score (nSPS) is 9.65. The summed E-state index contributed by atoms with van der Waals surface area (Å²) in [6.07, 6.45) is 6.53. The van der Waals surface area contributed by atoms with E-state index in [1.165, 1.54) is 37.9 Å². The fraction of sp³-hybridized carbons (Fsp3) is 0.643. The number of pyridine rings is 1. The van der Waals surface area contributed by atoms with Gasteiger partial charge in [0.05, 0.1) is 0 Å². The minimum atomic E-state index is -0.403. The van der Waals surface area contributed by atoms with E-state index in [9.17, 15) is 4.39 Å². The third-order valence-electron chi connectivity index (χ3n) is 2.33. The lowest BCUT2D eigenvalue weighted by Gasteiger charge is -2.04. The van der Waals surface area contributed by atoms with E-state index in [0.29, 0.717) is 0 Å². The van der Waals surface area contributed by atoms with Crippen LogP contribution in [0.4, 0.5) is 4.39 Å². The molecule has 17 heavy (non-hydrogen) atoms. The van der Waals surface area contributed by atoms with E-state index < -0.39 is 5.95 Å². The number of unbranched alkanes of at least 4 members (excludes halogenated alkanes) is 3. The highest BCUT2D eigenvalue weighted by atomic mass is 19.1. The lowest BCUT2D eigenvalue weighted by Crippen LogP contribution is -2.14. The van der Waals surface area contributed by atoms with Crippen molar-refractivity contribution in [3.8, 4) is 0 Å². The zero-order valence-corrected chi connectivity index (χ0v) is 11.3. The Morgan fingerprint density at radius 2 is 2.00 bits per heavy atom. The highest BCUT2D eigenvalue weighted by Crippen LogP contribution is 2.01. The molecule has 0 radical (unpaired) electrons. The van der Waals surface area contributed by atoms with Gasteiger partial charge in [-0.1, -0.05) is 40.0 Å². The molecule has 0 spiro atoms. The maximum atomic E-state index is 12.7. The van der Waals surface area contributed by atoms with E-state index in [0.717, 1.165) is 18.7 Å². The van der Waals surface area contributed by atoms with Gasteiger partial charge in [0.2, 0.25) is 5.95 Å².